The van der Waals surface area contributed by atoms with E-state index in [0.717, 1.165) is 16.8 Å². The summed E-state index contributed by atoms with van der Waals surface area (Å²) in [6, 6.07) is 19.3. The lowest BCUT2D eigenvalue weighted by Crippen LogP contribution is -2.23. The van der Waals surface area contributed by atoms with Gasteiger partial charge in [0.15, 0.2) is 0 Å². The molecule has 0 aliphatic carbocycles. The van der Waals surface area contributed by atoms with Gasteiger partial charge in [-0.1, -0.05) is 42.5 Å². The topological polar surface area (TPSA) is 68.5 Å². The van der Waals surface area contributed by atoms with Gasteiger partial charge in [0.05, 0.1) is 11.9 Å². The zero-order chi connectivity index (χ0) is 18.2. The lowest BCUT2D eigenvalue weighted by molar-refractivity contribution is -0.121. The van der Waals surface area contributed by atoms with Crippen molar-refractivity contribution in [3.8, 4) is 5.75 Å². The predicted octanol–water partition coefficient (Wildman–Crippen LogP) is 2.92. The first-order valence-electron chi connectivity index (χ1n) is 8.28. The van der Waals surface area contributed by atoms with Gasteiger partial charge in [0.1, 0.15) is 18.9 Å². The molecule has 0 unspecified atom stereocenters. The number of carbonyl (C=O) groups is 1. The van der Waals surface area contributed by atoms with Gasteiger partial charge in [0.2, 0.25) is 0 Å². The Morgan fingerprint density at radius 1 is 1.15 bits per heavy atom. The number of nitrogens with one attached hydrogen (secondary N) is 1. The van der Waals surface area contributed by atoms with Gasteiger partial charge in [0, 0.05) is 11.8 Å². The summed E-state index contributed by atoms with van der Waals surface area (Å²) in [4.78, 5) is 11.9. The van der Waals surface area contributed by atoms with E-state index in [4.69, 9.17) is 4.74 Å². The van der Waals surface area contributed by atoms with Crippen molar-refractivity contribution >= 4 is 12.1 Å². The SMILES string of the molecule is Cc1ccn(CC(=O)N/N=C\c2ccccc2OCc2ccccc2)n1. The minimum Gasteiger partial charge on any atom is -0.488 e. The third-order valence-electron chi connectivity index (χ3n) is 3.63. The van der Waals surface area contributed by atoms with E-state index in [1.165, 1.54) is 0 Å². The van der Waals surface area contributed by atoms with Gasteiger partial charge in [-0.25, -0.2) is 5.43 Å². The van der Waals surface area contributed by atoms with Crippen LogP contribution in [-0.2, 0) is 17.9 Å². The van der Waals surface area contributed by atoms with Crippen LogP contribution >= 0.6 is 0 Å². The minimum atomic E-state index is -0.243. The Labute approximate surface area is 152 Å². The summed E-state index contributed by atoms with van der Waals surface area (Å²) in [5, 5.41) is 8.18. The molecule has 132 valence electrons. The second kappa shape index (κ2) is 8.62. The lowest BCUT2D eigenvalue weighted by Gasteiger charge is -2.09. The largest absolute Gasteiger partial charge is 0.488 e. The maximum absolute atomic E-state index is 11.9. The standard InChI is InChI=1S/C20H20N4O2/c1-16-11-12-24(23-16)14-20(25)22-21-13-18-9-5-6-10-19(18)26-15-17-7-3-2-4-8-17/h2-13H,14-15H2,1H3,(H,22,25)/b21-13-. The molecule has 2 aromatic carbocycles. The number of aryl methyl sites for hydroxylation is 1. The van der Waals surface area contributed by atoms with E-state index >= 15 is 0 Å². The zero-order valence-corrected chi connectivity index (χ0v) is 14.5. The van der Waals surface area contributed by atoms with Crippen LogP contribution in [0.2, 0.25) is 0 Å². The van der Waals surface area contributed by atoms with Gasteiger partial charge in [0.25, 0.3) is 5.91 Å². The van der Waals surface area contributed by atoms with E-state index in [2.05, 4.69) is 15.6 Å². The molecule has 1 aromatic heterocycles. The highest BCUT2D eigenvalue weighted by molar-refractivity contribution is 5.85. The van der Waals surface area contributed by atoms with E-state index in [1.54, 1.807) is 17.1 Å². The monoisotopic (exact) mass is 348 g/mol. The highest BCUT2D eigenvalue weighted by Gasteiger charge is 2.04. The van der Waals surface area contributed by atoms with Gasteiger partial charge in [-0.2, -0.15) is 10.2 Å². The molecule has 0 atom stereocenters. The van der Waals surface area contributed by atoms with Gasteiger partial charge in [-0.3, -0.25) is 9.48 Å². The van der Waals surface area contributed by atoms with Crippen molar-refractivity contribution in [2.45, 2.75) is 20.1 Å². The summed E-state index contributed by atoms with van der Waals surface area (Å²) < 4.78 is 7.43. The average Bonchev–Trinajstić information content (AvgIpc) is 3.06. The third-order valence-corrected chi connectivity index (χ3v) is 3.63. The van der Waals surface area contributed by atoms with Crippen LogP contribution in [0.4, 0.5) is 0 Å². The molecule has 3 aromatic rings. The van der Waals surface area contributed by atoms with Crippen LogP contribution in [0.3, 0.4) is 0 Å². The van der Waals surface area contributed by atoms with Crippen molar-refractivity contribution in [3.05, 3.63) is 83.7 Å². The molecule has 1 heterocycles. The minimum absolute atomic E-state index is 0.122. The molecule has 3 rings (SSSR count). The van der Waals surface area contributed by atoms with Crippen LogP contribution in [0.1, 0.15) is 16.8 Å². The predicted molar refractivity (Wildman–Crippen MR) is 99.9 cm³/mol. The van der Waals surface area contributed by atoms with Gasteiger partial charge < -0.3 is 4.74 Å². The van der Waals surface area contributed by atoms with E-state index in [1.807, 2.05) is 67.6 Å². The summed E-state index contributed by atoms with van der Waals surface area (Å²) in [6.45, 7) is 2.47. The van der Waals surface area contributed by atoms with Gasteiger partial charge >= 0.3 is 0 Å². The van der Waals surface area contributed by atoms with Crippen molar-refractivity contribution in [2.75, 3.05) is 0 Å². The zero-order valence-electron chi connectivity index (χ0n) is 14.5. The van der Waals surface area contributed by atoms with Crippen LogP contribution in [-0.4, -0.2) is 21.9 Å². The first-order valence-corrected chi connectivity index (χ1v) is 8.28. The normalized spacial score (nSPS) is 10.8. The molecule has 1 N–H and O–H groups in total. The molecule has 6 heteroatoms. The Kier molecular flexibility index (Phi) is 5.77. The smallest absolute Gasteiger partial charge is 0.261 e. The van der Waals surface area contributed by atoms with Crippen molar-refractivity contribution < 1.29 is 9.53 Å². The van der Waals surface area contributed by atoms with Crippen LogP contribution in [0.25, 0.3) is 0 Å². The fourth-order valence-electron chi connectivity index (χ4n) is 2.36. The van der Waals surface area contributed by atoms with Crippen LogP contribution in [0, 0.1) is 6.92 Å². The van der Waals surface area contributed by atoms with Crippen LogP contribution < -0.4 is 10.2 Å². The molecule has 6 nitrogen and oxygen atoms in total. The van der Waals surface area contributed by atoms with E-state index in [0.29, 0.717) is 12.4 Å². The molecular formula is C20H20N4O2. The third kappa shape index (κ3) is 5.04. The summed E-state index contributed by atoms with van der Waals surface area (Å²) in [7, 11) is 0. The molecule has 0 spiro atoms. The Balaban J connectivity index is 1.57. The highest BCUT2D eigenvalue weighted by atomic mass is 16.5. The number of nitrogens with zero attached hydrogens (tertiary/aromatic N) is 3. The van der Waals surface area contributed by atoms with E-state index in [-0.39, 0.29) is 12.5 Å². The molecule has 0 aliphatic heterocycles. The summed E-state index contributed by atoms with van der Waals surface area (Å²) in [6.07, 6.45) is 3.33. The molecule has 0 radical (unpaired) electrons. The second-order valence-corrected chi connectivity index (χ2v) is 5.76. The number of benzene rings is 2. The molecule has 0 saturated carbocycles. The first-order chi connectivity index (χ1) is 12.7. The molecule has 26 heavy (non-hydrogen) atoms. The number of para-hydroxylation sites is 1. The molecule has 0 aliphatic rings. The maximum Gasteiger partial charge on any atom is 0.261 e. The number of hydrogen-bond acceptors (Lipinski definition) is 4. The second-order valence-electron chi connectivity index (χ2n) is 5.76. The average molecular weight is 348 g/mol. The van der Waals surface area contributed by atoms with Crippen LogP contribution in [0.5, 0.6) is 5.75 Å². The number of aromatic nitrogens is 2. The Morgan fingerprint density at radius 2 is 1.92 bits per heavy atom. The molecule has 0 bridgehead atoms. The van der Waals surface area contributed by atoms with Gasteiger partial charge in [-0.15, -0.1) is 0 Å². The highest BCUT2D eigenvalue weighted by Crippen LogP contribution is 2.17. The van der Waals surface area contributed by atoms with Crippen molar-refractivity contribution in [1.82, 2.24) is 15.2 Å². The summed E-state index contributed by atoms with van der Waals surface area (Å²) >= 11 is 0. The summed E-state index contributed by atoms with van der Waals surface area (Å²) in [5.74, 6) is 0.462. The molecule has 0 fully saturated rings. The van der Waals surface area contributed by atoms with E-state index in [9.17, 15) is 4.79 Å². The first kappa shape index (κ1) is 17.4. The van der Waals surface area contributed by atoms with Crippen LogP contribution in [0.15, 0.2) is 72.0 Å². The number of amides is 1. The number of carbonyl (C=O) groups excluding carboxylic acids is 1. The Morgan fingerprint density at radius 3 is 2.69 bits per heavy atom. The van der Waals surface area contributed by atoms with Crippen molar-refractivity contribution in [2.24, 2.45) is 5.10 Å². The van der Waals surface area contributed by atoms with Crippen molar-refractivity contribution in [3.63, 3.8) is 0 Å². The molecular weight excluding hydrogens is 328 g/mol. The fourth-order valence-corrected chi connectivity index (χ4v) is 2.36. The number of rotatable bonds is 7. The lowest BCUT2D eigenvalue weighted by atomic mass is 10.2. The van der Waals surface area contributed by atoms with Gasteiger partial charge in [-0.05, 0) is 30.7 Å². The number of ether oxygens (including phenoxy) is 1. The fraction of sp³-hybridized carbons (Fsp3) is 0.150. The maximum atomic E-state index is 11.9. The molecule has 1 amide bonds. The van der Waals surface area contributed by atoms with Crippen molar-refractivity contribution in [1.29, 1.82) is 0 Å². The molecule has 0 saturated heterocycles. The number of hydrogen-bond donors (Lipinski definition) is 1. The number of hydrazone groups is 1. The quantitative estimate of drug-likeness (QED) is 0.527. The van der Waals surface area contributed by atoms with E-state index < -0.39 is 0 Å². The summed E-state index contributed by atoms with van der Waals surface area (Å²) in [5.41, 5.74) is 5.25. The Hall–Kier alpha value is -3.41. The Bertz CT molecular complexity index is 888.